The molecule has 0 bridgehead atoms. The lowest BCUT2D eigenvalue weighted by Gasteiger charge is -2.14. The molecule has 104 valence electrons. The lowest BCUT2D eigenvalue weighted by atomic mass is 10.2. The Kier molecular flexibility index (Phi) is 5.05. The molecule has 1 fully saturated rings. The van der Waals surface area contributed by atoms with E-state index in [1.165, 1.54) is 12.8 Å². The first-order chi connectivity index (χ1) is 9.19. The van der Waals surface area contributed by atoms with Crippen molar-refractivity contribution in [2.45, 2.75) is 38.3 Å². The summed E-state index contributed by atoms with van der Waals surface area (Å²) < 4.78 is 5.50. The monoisotopic (exact) mass is 282 g/mol. The summed E-state index contributed by atoms with van der Waals surface area (Å²) in [7, 11) is 0. The fraction of sp³-hybridized carbons (Fsp3) is 0.500. The number of hydrogen-bond acceptors (Lipinski definition) is 3. The number of rotatable bonds is 5. The van der Waals surface area contributed by atoms with Gasteiger partial charge in [0.25, 0.3) is 5.91 Å². The Balaban J connectivity index is 1.87. The van der Waals surface area contributed by atoms with Crippen LogP contribution in [0.2, 0.25) is 5.02 Å². The van der Waals surface area contributed by atoms with Crippen LogP contribution in [-0.2, 0) is 11.3 Å². The summed E-state index contributed by atoms with van der Waals surface area (Å²) >= 11 is 5.91. The van der Waals surface area contributed by atoms with Gasteiger partial charge in [0.1, 0.15) is 5.75 Å². The van der Waals surface area contributed by atoms with Crippen molar-refractivity contribution < 1.29 is 9.53 Å². The van der Waals surface area contributed by atoms with E-state index in [9.17, 15) is 4.79 Å². The number of amides is 1. The molecule has 1 aromatic carbocycles. The van der Waals surface area contributed by atoms with Gasteiger partial charge in [-0.15, -0.1) is 0 Å². The smallest absolute Gasteiger partial charge is 0.258 e. The van der Waals surface area contributed by atoms with Gasteiger partial charge in [-0.3, -0.25) is 4.79 Å². The molecule has 0 spiro atoms. The second-order valence-corrected chi connectivity index (χ2v) is 5.23. The summed E-state index contributed by atoms with van der Waals surface area (Å²) in [6.45, 7) is 0.362. The van der Waals surface area contributed by atoms with E-state index in [1.54, 1.807) is 12.1 Å². The summed E-state index contributed by atoms with van der Waals surface area (Å²) in [6.07, 6.45) is 4.52. The van der Waals surface area contributed by atoms with Crippen LogP contribution in [0.15, 0.2) is 18.2 Å². The van der Waals surface area contributed by atoms with E-state index < -0.39 is 0 Å². The molecular weight excluding hydrogens is 264 g/mol. The number of nitrogens with one attached hydrogen (secondary N) is 1. The number of hydrogen-bond donors (Lipinski definition) is 2. The predicted octanol–water partition coefficient (Wildman–Crippen LogP) is 2.24. The van der Waals surface area contributed by atoms with Gasteiger partial charge in [-0.25, -0.2) is 0 Å². The van der Waals surface area contributed by atoms with Crippen LogP contribution in [0.5, 0.6) is 5.75 Å². The van der Waals surface area contributed by atoms with Crippen molar-refractivity contribution in [3.8, 4) is 5.75 Å². The number of nitrogens with two attached hydrogens (primary N) is 1. The van der Waals surface area contributed by atoms with Gasteiger partial charge in [0.15, 0.2) is 6.61 Å². The summed E-state index contributed by atoms with van der Waals surface area (Å²) in [5.41, 5.74) is 6.46. The highest BCUT2D eigenvalue weighted by atomic mass is 35.5. The first-order valence-corrected chi connectivity index (χ1v) is 6.97. The zero-order valence-corrected chi connectivity index (χ0v) is 11.6. The summed E-state index contributed by atoms with van der Waals surface area (Å²) in [6, 6.07) is 5.57. The molecule has 0 aromatic heterocycles. The summed E-state index contributed by atoms with van der Waals surface area (Å²) in [5, 5.41) is 3.55. The topological polar surface area (TPSA) is 64.3 Å². The second-order valence-electron chi connectivity index (χ2n) is 4.79. The molecule has 0 aliphatic heterocycles. The lowest BCUT2D eigenvalue weighted by Crippen LogP contribution is -2.36. The number of carbonyl (C=O) groups excluding carboxylic acids is 1. The highest BCUT2D eigenvalue weighted by Crippen LogP contribution is 2.23. The minimum Gasteiger partial charge on any atom is -0.483 e. The molecule has 1 aliphatic rings. The molecule has 0 heterocycles. The zero-order chi connectivity index (χ0) is 13.7. The maximum Gasteiger partial charge on any atom is 0.258 e. The number of halogens is 1. The van der Waals surface area contributed by atoms with Crippen molar-refractivity contribution in [1.29, 1.82) is 0 Å². The molecule has 0 unspecified atom stereocenters. The van der Waals surface area contributed by atoms with Gasteiger partial charge in [0, 0.05) is 23.2 Å². The van der Waals surface area contributed by atoms with Gasteiger partial charge < -0.3 is 15.8 Å². The minimum absolute atomic E-state index is 0.00381. The molecule has 19 heavy (non-hydrogen) atoms. The molecule has 1 saturated carbocycles. The SMILES string of the molecule is NCc1ccc(Cl)cc1OCC(=O)NC1CCCC1. The van der Waals surface area contributed by atoms with E-state index in [0.717, 1.165) is 18.4 Å². The van der Waals surface area contributed by atoms with Gasteiger partial charge >= 0.3 is 0 Å². The Morgan fingerprint density at radius 3 is 2.84 bits per heavy atom. The van der Waals surface area contributed by atoms with Gasteiger partial charge in [0.05, 0.1) is 0 Å². The number of benzene rings is 1. The standard InChI is InChI=1S/C14H19ClN2O2/c15-11-6-5-10(8-16)13(7-11)19-9-14(18)17-12-3-1-2-4-12/h5-7,12H,1-4,8-9,16H2,(H,17,18). The lowest BCUT2D eigenvalue weighted by molar-refractivity contribution is -0.123. The van der Waals surface area contributed by atoms with Crippen LogP contribution in [0.25, 0.3) is 0 Å². The summed E-state index contributed by atoms with van der Waals surface area (Å²) in [4.78, 5) is 11.8. The Hall–Kier alpha value is -1.26. The van der Waals surface area contributed by atoms with E-state index in [-0.39, 0.29) is 12.5 Å². The second kappa shape index (κ2) is 6.78. The third-order valence-corrected chi connectivity index (χ3v) is 3.56. The average molecular weight is 283 g/mol. The number of ether oxygens (including phenoxy) is 1. The van der Waals surface area contributed by atoms with Crippen LogP contribution in [0, 0.1) is 0 Å². The summed E-state index contributed by atoms with van der Waals surface area (Å²) in [5.74, 6) is 0.492. The Morgan fingerprint density at radius 1 is 1.42 bits per heavy atom. The van der Waals surface area contributed by atoms with Crippen molar-refractivity contribution in [3.63, 3.8) is 0 Å². The molecule has 1 amide bonds. The first-order valence-electron chi connectivity index (χ1n) is 6.59. The Morgan fingerprint density at radius 2 is 2.16 bits per heavy atom. The van der Waals surface area contributed by atoms with Crippen molar-refractivity contribution in [2.75, 3.05) is 6.61 Å². The van der Waals surface area contributed by atoms with Crippen LogP contribution in [-0.4, -0.2) is 18.6 Å². The zero-order valence-electron chi connectivity index (χ0n) is 10.8. The van der Waals surface area contributed by atoms with Crippen molar-refractivity contribution in [1.82, 2.24) is 5.32 Å². The largest absolute Gasteiger partial charge is 0.483 e. The Labute approximate surface area is 118 Å². The molecule has 3 N–H and O–H groups in total. The van der Waals surface area contributed by atoms with E-state index in [4.69, 9.17) is 22.1 Å². The molecular formula is C14H19ClN2O2. The van der Waals surface area contributed by atoms with Crippen LogP contribution in [0.4, 0.5) is 0 Å². The van der Waals surface area contributed by atoms with E-state index in [2.05, 4.69) is 5.32 Å². The van der Waals surface area contributed by atoms with Gasteiger partial charge in [-0.05, 0) is 25.0 Å². The first kappa shape index (κ1) is 14.2. The molecule has 1 aliphatic carbocycles. The fourth-order valence-electron chi connectivity index (χ4n) is 2.31. The Bertz CT molecular complexity index is 445. The molecule has 0 radical (unpaired) electrons. The maximum absolute atomic E-state index is 11.8. The third kappa shape index (κ3) is 4.11. The molecule has 5 heteroatoms. The molecule has 1 aromatic rings. The normalized spacial score (nSPS) is 15.5. The highest BCUT2D eigenvalue weighted by Gasteiger charge is 2.17. The maximum atomic E-state index is 11.8. The third-order valence-electron chi connectivity index (χ3n) is 3.33. The quantitative estimate of drug-likeness (QED) is 0.870. The van der Waals surface area contributed by atoms with Gasteiger partial charge in [0.2, 0.25) is 0 Å². The number of carbonyl (C=O) groups is 1. The molecule has 0 saturated heterocycles. The average Bonchev–Trinajstić information content (AvgIpc) is 2.89. The van der Waals surface area contributed by atoms with Gasteiger partial charge in [-0.2, -0.15) is 0 Å². The molecule has 2 rings (SSSR count). The van der Waals surface area contributed by atoms with Crippen LogP contribution in [0.3, 0.4) is 0 Å². The predicted molar refractivity (Wildman–Crippen MR) is 75.2 cm³/mol. The van der Waals surface area contributed by atoms with Crippen LogP contribution >= 0.6 is 11.6 Å². The van der Waals surface area contributed by atoms with E-state index in [0.29, 0.717) is 23.4 Å². The van der Waals surface area contributed by atoms with Crippen molar-refractivity contribution >= 4 is 17.5 Å². The fourth-order valence-corrected chi connectivity index (χ4v) is 2.48. The highest BCUT2D eigenvalue weighted by molar-refractivity contribution is 6.30. The minimum atomic E-state index is -0.0881. The molecule has 0 atom stereocenters. The van der Waals surface area contributed by atoms with Crippen molar-refractivity contribution in [2.24, 2.45) is 5.73 Å². The van der Waals surface area contributed by atoms with Crippen LogP contribution in [0.1, 0.15) is 31.2 Å². The van der Waals surface area contributed by atoms with Gasteiger partial charge in [-0.1, -0.05) is 30.5 Å². The van der Waals surface area contributed by atoms with Crippen LogP contribution < -0.4 is 15.8 Å². The van der Waals surface area contributed by atoms with E-state index in [1.807, 2.05) is 6.07 Å². The van der Waals surface area contributed by atoms with Crippen molar-refractivity contribution in [3.05, 3.63) is 28.8 Å². The molecule has 4 nitrogen and oxygen atoms in total. The van der Waals surface area contributed by atoms with E-state index >= 15 is 0 Å².